The van der Waals surface area contributed by atoms with E-state index < -0.39 is 0 Å². The van der Waals surface area contributed by atoms with E-state index in [1.54, 1.807) is 0 Å². The molecule has 0 unspecified atom stereocenters. The first-order chi connectivity index (χ1) is 25.3. The van der Waals surface area contributed by atoms with Gasteiger partial charge < -0.3 is 13.7 Å². The molecule has 3 aromatic heterocycles. The quantitative estimate of drug-likeness (QED) is 0.180. The van der Waals surface area contributed by atoms with Crippen LogP contribution in [0.2, 0.25) is 0 Å². The SMILES string of the molecule is c1ccc(-n2c3ccccc3c3ccc4c(c5ccccc5n4-c4cccc(-c5ccccc5-n5c6ccccc6c6ccccc65)c4)c32)cc1. The normalized spacial score (nSPS) is 11.9. The largest absolute Gasteiger partial charge is 0.309 e. The van der Waals surface area contributed by atoms with Crippen molar-refractivity contribution in [2.45, 2.75) is 0 Å². The van der Waals surface area contributed by atoms with Gasteiger partial charge in [0.2, 0.25) is 0 Å². The highest BCUT2D eigenvalue weighted by molar-refractivity contribution is 6.26. The first kappa shape index (κ1) is 28.0. The molecule has 0 atom stereocenters. The summed E-state index contributed by atoms with van der Waals surface area (Å²) in [6.07, 6.45) is 0. The average molecular weight is 650 g/mol. The van der Waals surface area contributed by atoms with Crippen LogP contribution < -0.4 is 0 Å². The first-order valence-electron chi connectivity index (χ1n) is 17.5. The zero-order valence-corrected chi connectivity index (χ0v) is 27.7. The second kappa shape index (κ2) is 10.8. The molecule has 0 radical (unpaired) electrons. The lowest BCUT2D eigenvalue weighted by molar-refractivity contribution is 1.17. The molecule has 0 aliphatic heterocycles. The van der Waals surface area contributed by atoms with Crippen LogP contribution in [0.4, 0.5) is 0 Å². The molecule has 0 aliphatic carbocycles. The summed E-state index contributed by atoms with van der Waals surface area (Å²) in [7, 11) is 0. The summed E-state index contributed by atoms with van der Waals surface area (Å²) >= 11 is 0. The molecule has 0 aliphatic rings. The molecule has 0 fully saturated rings. The molecule has 11 aromatic rings. The van der Waals surface area contributed by atoms with Gasteiger partial charge in [-0.1, -0.05) is 127 Å². The summed E-state index contributed by atoms with van der Waals surface area (Å²) in [6, 6.07) is 68.4. The number of para-hydroxylation sites is 6. The Kier molecular flexibility index (Phi) is 5.96. The molecule has 0 saturated heterocycles. The highest BCUT2D eigenvalue weighted by Gasteiger charge is 2.21. The number of hydrogen-bond donors (Lipinski definition) is 0. The third-order valence-electron chi connectivity index (χ3n) is 10.6. The van der Waals surface area contributed by atoms with E-state index in [0.29, 0.717) is 0 Å². The van der Waals surface area contributed by atoms with Crippen LogP contribution in [0.5, 0.6) is 0 Å². The molecule has 0 saturated carbocycles. The Morgan fingerprint density at radius 3 is 1.53 bits per heavy atom. The van der Waals surface area contributed by atoms with Gasteiger partial charge in [0.15, 0.2) is 0 Å². The molecule has 0 amide bonds. The number of nitrogens with zero attached hydrogens (tertiary/aromatic N) is 3. The van der Waals surface area contributed by atoms with Gasteiger partial charge in [0.25, 0.3) is 0 Å². The van der Waals surface area contributed by atoms with E-state index in [4.69, 9.17) is 0 Å². The van der Waals surface area contributed by atoms with Crippen LogP contribution in [0.25, 0.3) is 93.6 Å². The number of hydrogen-bond acceptors (Lipinski definition) is 0. The maximum absolute atomic E-state index is 2.45. The van der Waals surface area contributed by atoms with Gasteiger partial charge in [0.05, 0.1) is 38.8 Å². The van der Waals surface area contributed by atoms with Gasteiger partial charge in [-0.05, 0) is 66.2 Å². The van der Waals surface area contributed by atoms with Crippen LogP contribution in [0.3, 0.4) is 0 Å². The molecule has 3 nitrogen and oxygen atoms in total. The van der Waals surface area contributed by atoms with Gasteiger partial charge in [0, 0.05) is 49.3 Å². The van der Waals surface area contributed by atoms with Gasteiger partial charge in [-0.2, -0.15) is 0 Å². The Labute approximate surface area is 294 Å². The smallest absolute Gasteiger partial charge is 0.0641 e. The number of benzene rings is 8. The predicted molar refractivity (Wildman–Crippen MR) is 215 cm³/mol. The minimum Gasteiger partial charge on any atom is -0.309 e. The van der Waals surface area contributed by atoms with Crippen LogP contribution >= 0.6 is 0 Å². The van der Waals surface area contributed by atoms with E-state index in [0.717, 1.165) is 11.4 Å². The minimum atomic E-state index is 1.14. The molecular formula is C48H31N3. The monoisotopic (exact) mass is 649 g/mol. The van der Waals surface area contributed by atoms with Crippen molar-refractivity contribution in [2.24, 2.45) is 0 Å². The van der Waals surface area contributed by atoms with Gasteiger partial charge in [-0.15, -0.1) is 0 Å². The topological polar surface area (TPSA) is 14.8 Å². The van der Waals surface area contributed by atoms with E-state index >= 15 is 0 Å². The highest BCUT2D eigenvalue weighted by atomic mass is 15.0. The molecule has 0 N–H and O–H groups in total. The lowest BCUT2D eigenvalue weighted by Gasteiger charge is -2.15. The van der Waals surface area contributed by atoms with Gasteiger partial charge in [0.1, 0.15) is 0 Å². The van der Waals surface area contributed by atoms with Crippen LogP contribution in [0, 0.1) is 0 Å². The first-order valence-corrected chi connectivity index (χ1v) is 17.5. The van der Waals surface area contributed by atoms with E-state index in [1.807, 2.05) is 0 Å². The zero-order chi connectivity index (χ0) is 33.5. The Morgan fingerprint density at radius 2 is 0.824 bits per heavy atom. The van der Waals surface area contributed by atoms with Crippen LogP contribution in [-0.2, 0) is 0 Å². The molecule has 3 heteroatoms. The highest BCUT2D eigenvalue weighted by Crippen LogP contribution is 2.43. The fraction of sp³-hybridized carbons (Fsp3) is 0. The molecule has 11 rings (SSSR count). The van der Waals surface area contributed by atoms with Crippen molar-refractivity contribution in [3.05, 3.63) is 188 Å². The van der Waals surface area contributed by atoms with E-state index in [2.05, 4.69) is 202 Å². The summed E-state index contributed by atoms with van der Waals surface area (Å²) in [6.45, 7) is 0. The van der Waals surface area contributed by atoms with Crippen LogP contribution in [0.1, 0.15) is 0 Å². The van der Waals surface area contributed by atoms with Crippen LogP contribution in [0.15, 0.2) is 188 Å². The van der Waals surface area contributed by atoms with Gasteiger partial charge in [-0.3, -0.25) is 0 Å². The van der Waals surface area contributed by atoms with Gasteiger partial charge in [-0.25, -0.2) is 0 Å². The van der Waals surface area contributed by atoms with Crippen molar-refractivity contribution in [2.75, 3.05) is 0 Å². The summed E-state index contributed by atoms with van der Waals surface area (Å²) in [5.41, 5.74) is 13.1. The lowest BCUT2D eigenvalue weighted by atomic mass is 10.0. The molecule has 51 heavy (non-hydrogen) atoms. The van der Waals surface area contributed by atoms with Crippen molar-refractivity contribution in [1.82, 2.24) is 13.7 Å². The van der Waals surface area contributed by atoms with Crippen molar-refractivity contribution < 1.29 is 0 Å². The predicted octanol–water partition coefficient (Wildman–Crippen LogP) is 12.6. The third kappa shape index (κ3) is 4.00. The molecule has 0 bridgehead atoms. The molecule has 3 heterocycles. The maximum atomic E-state index is 2.45. The number of rotatable bonds is 4. The standard InChI is InChI=1S/C48H31N3/c1-2-16-33(17-3-1)50-42-25-10-7-22-38(42)39-29-30-46-47(48(39)50)40-23-8-13-28-45(40)49(46)34-18-14-15-32(31-34)35-19-4-9-24-41(35)51-43-26-11-5-20-36(43)37-21-6-12-27-44(37)51/h1-31H. The summed E-state index contributed by atoms with van der Waals surface area (Å²) in [5.74, 6) is 0. The van der Waals surface area contributed by atoms with Crippen molar-refractivity contribution in [3.8, 4) is 28.2 Å². The molecule has 0 spiro atoms. The Morgan fingerprint density at radius 1 is 0.294 bits per heavy atom. The lowest BCUT2D eigenvalue weighted by Crippen LogP contribution is -1.98. The van der Waals surface area contributed by atoms with Gasteiger partial charge >= 0.3 is 0 Å². The summed E-state index contributed by atoms with van der Waals surface area (Å²) in [4.78, 5) is 0. The van der Waals surface area contributed by atoms with Crippen molar-refractivity contribution in [1.29, 1.82) is 0 Å². The van der Waals surface area contributed by atoms with Crippen molar-refractivity contribution >= 4 is 65.4 Å². The maximum Gasteiger partial charge on any atom is 0.0641 e. The molecule has 238 valence electrons. The average Bonchev–Trinajstić information content (AvgIpc) is 3.84. The molecular weight excluding hydrogens is 619 g/mol. The van der Waals surface area contributed by atoms with E-state index in [-0.39, 0.29) is 0 Å². The van der Waals surface area contributed by atoms with E-state index in [1.165, 1.54) is 82.2 Å². The second-order valence-electron chi connectivity index (χ2n) is 13.3. The summed E-state index contributed by atoms with van der Waals surface area (Å²) in [5, 5.41) is 7.56. The fourth-order valence-electron chi connectivity index (χ4n) is 8.54. The summed E-state index contributed by atoms with van der Waals surface area (Å²) < 4.78 is 7.32. The Hall–Kier alpha value is -6.84. The fourth-order valence-corrected chi connectivity index (χ4v) is 8.54. The molecule has 8 aromatic carbocycles. The number of aromatic nitrogens is 3. The van der Waals surface area contributed by atoms with E-state index in [9.17, 15) is 0 Å². The Bertz CT molecular complexity index is 3080. The Balaban J connectivity index is 1.19. The van der Waals surface area contributed by atoms with Crippen molar-refractivity contribution in [3.63, 3.8) is 0 Å². The second-order valence-corrected chi connectivity index (χ2v) is 13.3. The third-order valence-corrected chi connectivity index (χ3v) is 10.6. The van der Waals surface area contributed by atoms with Crippen LogP contribution in [-0.4, -0.2) is 13.7 Å². The zero-order valence-electron chi connectivity index (χ0n) is 27.7. The number of fused-ring (bicyclic) bond motifs is 10. The minimum absolute atomic E-state index is 1.14.